The molecule has 0 aliphatic carbocycles. The minimum Gasteiger partial charge on any atom is -0.363 e. The number of anilines is 1. The quantitative estimate of drug-likeness (QED) is 0.859. The maximum absolute atomic E-state index is 6.17. The van der Waals surface area contributed by atoms with Gasteiger partial charge < -0.3 is 10.1 Å². The Morgan fingerprint density at radius 3 is 2.65 bits per heavy atom. The van der Waals surface area contributed by atoms with Gasteiger partial charge in [0.15, 0.2) is 17.0 Å². The van der Waals surface area contributed by atoms with Crippen molar-refractivity contribution in [2.24, 2.45) is 0 Å². The van der Waals surface area contributed by atoms with E-state index in [0.29, 0.717) is 5.82 Å². The third kappa shape index (κ3) is 3.43. The molecule has 0 spiro atoms. The van der Waals surface area contributed by atoms with Crippen LogP contribution in [0.4, 0.5) is 5.82 Å². The third-order valence-corrected chi connectivity index (χ3v) is 4.01. The largest absolute Gasteiger partial charge is 0.363 e. The minimum absolute atomic E-state index is 0.0165. The van der Waals surface area contributed by atoms with E-state index in [0.717, 1.165) is 49.3 Å². The molecule has 1 saturated heterocycles. The molecule has 6 nitrogen and oxygen atoms in total. The number of nitrogens with zero attached hydrogens (tertiary/aromatic N) is 4. The van der Waals surface area contributed by atoms with Crippen molar-refractivity contribution in [3.63, 3.8) is 0 Å². The number of rotatable bonds is 3. The van der Waals surface area contributed by atoms with Crippen LogP contribution in [0.3, 0.4) is 0 Å². The molecular formula is C16H24ClN5O. The molecule has 23 heavy (non-hydrogen) atoms. The van der Waals surface area contributed by atoms with Crippen LogP contribution in [-0.4, -0.2) is 31.7 Å². The number of hydrogen-bond donors (Lipinski definition) is 1. The smallest absolute Gasteiger partial charge is 0.226 e. The molecule has 1 fully saturated rings. The van der Waals surface area contributed by atoms with Crippen molar-refractivity contribution in [1.29, 1.82) is 0 Å². The number of fused-ring (bicyclic) bond motifs is 1. The minimum atomic E-state index is -0.137. The van der Waals surface area contributed by atoms with Crippen LogP contribution in [0.15, 0.2) is 0 Å². The van der Waals surface area contributed by atoms with Crippen LogP contribution in [0.25, 0.3) is 11.2 Å². The number of aryl methyl sites for hydroxylation is 1. The summed E-state index contributed by atoms with van der Waals surface area (Å²) in [5.74, 6) is 1.64. The summed E-state index contributed by atoms with van der Waals surface area (Å²) in [4.78, 5) is 13.6. The van der Waals surface area contributed by atoms with Gasteiger partial charge in [-0.15, -0.1) is 0 Å². The fourth-order valence-electron chi connectivity index (χ4n) is 2.91. The number of ether oxygens (including phenoxy) is 1. The molecule has 7 heteroatoms. The molecule has 3 heterocycles. The lowest BCUT2D eigenvalue weighted by Crippen LogP contribution is -2.27. The first-order valence-corrected chi connectivity index (χ1v) is 8.61. The Balaban J connectivity index is 2.15. The summed E-state index contributed by atoms with van der Waals surface area (Å²) < 4.78 is 8.05. The molecule has 1 aliphatic rings. The monoisotopic (exact) mass is 337 g/mol. The SMILES string of the molecule is CCc1nc2c(NC(C)(C)C)nc(Cl)nc2n1C1CCCCO1. The third-order valence-electron chi connectivity index (χ3n) is 3.84. The topological polar surface area (TPSA) is 64.9 Å². The number of halogens is 1. The average Bonchev–Trinajstić information content (AvgIpc) is 2.85. The van der Waals surface area contributed by atoms with Gasteiger partial charge in [0, 0.05) is 18.6 Å². The average molecular weight is 338 g/mol. The highest BCUT2D eigenvalue weighted by Gasteiger charge is 2.25. The van der Waals surface area contributed by atoms with Gasteiger partial charge in [-0.3, -0.25) is 4.57 Å². The Bertz CT molecular complexity index is 701. The molecule has 1 unspecified atom stereocenters. The molecule has 3 rings (SSSR count). The second kappa shape index (κ2) is 6.24. The first-order valence-electron chi connectivity index (χ1n) is 8.23. The van der Waals surface area contributed by atoms with E-state index in [2.05, 4.69) is 47.5 Å². The summed E-state index contributed by atoms with van der Waals surface area (Å²) in [5, 5.41) is 3.61. The van der Waals surface area contributed by atoms with Gasteiger partial charge in [-0.05, 0) is 51.6 Å². The molecule has 0 aromatic carbocycles. The second-order valence-electron chi connectivity index (χ2n) is 6.96. The zero-order valence-corrected chi connectivity index (χ0v) is 14.9. The van der Waals surface area contributed by atoms with Crippen molar-refractivity contribution in [2.45, 2.75) is 65.1 Å². The van der Waals surface area contributed by atoms with E-state index in [-0.39, 0.29) is 17.1 Å². The predicted octanol–water partition coefficient (Wildman–Crippen LogP) is 3.95. The molecule has 2 aromatic heterocycles. The number of hydrogen-bond acceptors (Lipinski definition) is 5. The van der Waals surface area contributed by atoms with Gasteiger partial charge in [0.2, 0.25) is 5.28 Å². The fraction of sp³-hybridized carbons (Fsp3) is 0.688. The van der Waals surface area contributed by atoms with Gasteiger partial charge in [-0.2, -0.15) is 9.97 Å². The number of nitrogens with one attached hydrogen (secondary N) is 1. The van der Waals surface area contributed by atoms with Gasteiger partial charge in [0.1, 0.15) is 12.1 Å². The van der Waals surface area contributed by atoms with Gasteiger partial charge in [-0.1, -0.05) is 6.92 Å². The number of aromatic nitrogens is 4. The van der Waals surface area contributed by atoms with Gasteiger partial charge in [-0.25, -0.2) is 4.98 Å². The standard InChI is InChI=1S/C16H24ClN5O/c1-5-10-18-12-13(21-16(2,3)4)19-15(17)20-14(12)22(10)11-8-6-7-9-23-11/h11H,5-9H2,1-4H3,(H,19,20,21). The Hall–Kier alpha value is -1.40. The molecule has 1 atom stereocenters. The van der Waals surface area contributed by atoms with Crippen molar-refractivity contribution >= 4 is 28.6 Å². The zero-order chi connectivity index (χ0) is 16.6. The van der Waals surface area contributed by atoms with Crippen LogP contribution < -0.4 is 5.32 Å². The first kappa shape index (κ1) is 16.5. The highest BCUT2D eigenvalue weighted by atomic mass is 35.5. The van der Waals surface area contributed by atoms with Crippen molar-refractivity contribution < 1.29 is 4.74 Å². The second-order valence-corrected chi connectivity index (χ2v) is 7.30. The fourth-order valence-corrected chi connectivity index (χ4v) is 3.08. The Morgan fingerprint density at radius 1 is 1.26 bits per heavy atom. The van der Waals surface area contributed by atoms with E-state index in [4.69, 9.17) is 21.3 Å². The summed E-state index contributed by atoms with van der Waals surface area (Å²) in [5.41, 5.74) is 1.37. The Labute approximate surface area is 141 Å². The summed E-state index contributed by atoms with van der Waals surface area (Å²) in [6.07, 6.45) is 4.03. The van der Waals surface area contributed by atoms with Crippen LogP contribution in [-0.2, 0) is 11.2 Å². The predicted molar refractivity (Wildman–Crippen MR) is 91.9 cm³/mol. The molecule has 1 aliphatic heterocycles. The van der Waals surface area contributed by atoms with Crippen LogP contribution in [0.5, 0.6) is 0 Å². The molecule has 0 saturated carbocycles. The first-order chi connectivity index (χ1) is 10.9. The van der Waals surface area contributed by atoms with Crippen molar-refractivity contribution in [1.82, 2.24) is 19.5 Å². The number of imidazole rings is 1. The van der Waals surface area contributed by atoms with Gasteiger partial charge in [0.05, 0.1) is 0 Å². The van der Waals surface area contributed by atoms with E-state index in [1.54, 1.807) is 0 Å². The van der Waals surface area contributed by atoms with E-state index < -0.39 is 0 Å². The highest BCUT2D eigenvalue weighted by Crippen LogP contribution is 2.31. The van der Waals surface area contributed by atoms with E-state index in [1.807, 2.05) is 0 Å². The molecule has 2 aromatic rings. The summed E-state index contributed by atoms with van der Waals surface area (Å²) >= 11 is 6.17. The van der Waals surface area contributed by atoms with Gasteiger partial charge >= 0.3 is 0 Å². The zero-order valence-electron chi connectivity index (χ0n) is 14.2. The summed E-state index contributed by atoms with van der Waals surface area (Å²) in [7, 11) is 0. The normalized spacial score (nSPS) is 19.3. The van der Waals surface area contributed by atoms with E-state index in [1.165, 1.54) is 0 Å². The van der Waals surface area contributed by atoms with Gasteiger partial charge in [0.25, 0.3) is 0 Å². The van der Waals surface area contributed by atoms with Crippen molar-refractivity contribution in [3.05, 3.63) is 11.1 Å². The molecule has 1 N–H and O–H groups in total. The highest BCUT2D eigenvalue weighted by molar-refractivity contribution is 6.28. The molecule has 0 amide bonds. The van der Waals surface area contributed by atoms with E-state index in [9.17, 15) is 0 Å². The van der Waals surface area contributed by atoms with Crippen LogP contribution >= 0.6 is 11.6 Å². The Morgan fingerprint density at radius 2 is 2.04 bits per heavy atom. The molecule has 126 valence electrons. The van der Waals surface area contributed by atoms with Crippen LogP contribution in [0, 0.1) is 0 Å². The molecule has 0 bridgehead atoms. The summed E-state index contributed by atoms with van der Waals surface area (Å²) in [6, 6.07) is 0. The lowest BCUT2D eigenvalue weighted by atomic mass is 10.1. The maximum Gasteiger partial charge on any atom is 0.226 e. The van der Waals surface area contributed by atoms with Crippen LogP contribution in [0.2, 0.25) is 5.28 Å². The Kier molecular flexibility index (Phi) is 4.47. The molecule has 0 radical (unpaired) electrons. The lowest BCUT2D eigenvalue weighted by Gasteiger charge is -2.25. The van der Waals surface area contributed by atoms with Crippen molar-refractivity contribution in [3.8, 4) is 0 Å². The lowest BCUT2D eigenvalue weighted by molar-refractivity contribution is -0.0312. The maximum atomic E-state index is 6.17. The van der Waals surface area contributed by atoms with Crippen molar-refractivity contribution in [2.75, 3.05) is 11.9 Å². The molecular weight excluding hydrogens is 314 g/mol. The van der Waals surface area contributed by atoms with Crippen LogP contribution in [0.1, 0.15) is 59.0 Å². The summed E-state index contributed by atoms with van der Waals surface area (Å²) in [6.45, 7) is 9.11. The van der Waals surface area contributed by atoms with E-state index >= 15 is 0 Å².